The van der Waals surface area contributed by atoms with Gasteiger partial charge in [0, 0.05) is 12.2 Å². The number of carbonyl (C=O) groups is 2. The van der Waals surface area contributed by atoms with Gasteiger partial charge in [0.25, 0.3) is 0 Å². The highest BCUT2D eigenvalue weighted by molar-refractivity contribution is 8.01. The Labute approximate surface area is 126 Å². The summed E-state index contributed by atoms with van der Waals surface area (Å²) < 4.78 is 5.21. The maximum atomic E-state index is 12.0. The highest BCUT2D eigenvalue weighted by Crippen LogP contribution is 2.31. The summed E-state index contributed by atoms with van der Waals surface area (Å²) >= 11 is 1.24. The van der Waals surface area contributed by atoms with Gasteiger partial charge in [0.1, 0.15) is 11.8 Å². The van der Waals surface area contributed by atoms with Crippen LogP contribution in [0.4, 0.5) is 0 Å². The Kier molecular flexibility index (Phi) is 4.74. The van der Waals surface area contributed by atoms with E-state index in [0.717, 1.165) is 5.56 Å². The number of carbonyl (C=O) groups excluding carboxylic acids is 1. The first kappa shape index (κ1) is 15.7. The number of phenolic OH excluding ortho intramolecular Hbond substituents is 1. The van der Waals surface area contributed by atoms with Crippen molar-refractivity contribution < 1.29 is 24.5 Å². The Morgan fingerprint density at radius 1 is 1.43 bits per heavy atom. The number of esters is 1. The molecule has 0 spiro atoms. The molecule has 2 atom stereocenters. The van der Waals surface area contributed by atoms with Crippen LogP contribution >= 0.6 is 11.8 Å². The molecule has 0 bridgehead atoms. The molecule has 0 aliphatic carbocycles. The van der Waals surface area contributed by atoms with Gasteiger partial charge in [-0.15, -0.1) is 11.8 Å². The van der Waals surface area contributed by atoms with Gasteiger partial charge in [-0.05, 0) is 24.6 Å². The average molecular weight is 311 g/mol. The van der Waals surface area contributed by atoms with Crippen molar-refractivity contribution in [2.45, 2.75) is 24.3 Å². The number of thioether (sulfide) groups is 1. The molecule has 1 aromatic rings. The lowest BCUT2D eigenvalue weighted by Gasteiger charge is -2.21. The molecular formula is C14H17NO5S. The van der Waals surface area contributed by atoms with Crippen LogP contribution in [0.2, 0.25) is 0 Å². The largest absolute Gasteiger partial charge is 0.508 e. The van der Waals surface area contributed by atoms with Crippen molar-refractivity contribution in [3.8, 4) is 5.75 Å². The van der Waals surface area contributed by atoms with Crippen LogP contribution in [-0.4, -0.2) is 45.4 Å². The van der Waals surface area contributed by atoms with Gasteiger partial charge in [-0.3, -0.25) is 10.1 Å². The summed E-state index contributed by atoms with van der Waals surface area (Å²) in [7, 11) is 0. The fourth-order valence-corrected chi connectivity index (χ4v) is 3.11. The number of hydrogen-bond acceptors (Lipinski definition) is 6. The highest BCUT2D eigenvalue weighted by Gasteiger charge is 2.45. The van der Waals surface area contributed by atoms with E-state index in [9.17, 15) is 14.7 Å². The number of carboxylic acids is 1. The van der Waals surface area contributed by atoms with Crippen molar-refractivity contribution in [3.63, 3.8) is 0 Å². The first-order chi connectivity index (χ1) is 9.90. The molecule has 6 nitrogen and oxygen atoms in total. The van der Waals surface area contributed by atoms with E-state index in [1.54, 1.807) is 31.2 Å². The Balaban J connectivity index is 1.82. The molecule has 3 N–H and O–H groups in total. The van der Waals surface area contributed by atoms with Gasteiger partial charge in [0.2, 0.25) is 0 Å². The summed E-state index contributed by atoms with van der Waals surface area (Å²) in [5.41, 5.74) is 0.946. The first-order valence-electron chi connectivity index (χ1n) is 6.50. The minimum atomic E-state index is -1.02. The quantitative estimate of drug-likeness (QED) is 0.698. The lowest BCUT2D eigenvalue weighted by Crippen LogP contribution is -2.49. The van der Waals surface area contributed by atoms with Gasteiger partial charge < -0.3 is 14.9 Å². The van der Waals surface area contributed by atoms with E-state index in [-0.39, 0.29) is 12.4 Å². The Morgan fingerprint density at radius 3 is 2.67 bits per heavy atom. The molecule has 1 aliphatic rings. The molecule has 0 amide bonds. The summed E-state index contributed by atoms with van der Waals surface area (Å²) in [6, 6.07) is 5.93. The molecule has 7 heteroatoms. The van der Waals surface area contributed by atoms with Crippen molar-refractivity contribution in [1.29, 1.82) is 0 Å². The standard InChI is InChI=1S/C14H17NO5S/c1-14(15-11(8-21-14)12(17)18)13(19)20-7-6-9-2-4-10(16)5-3-9/h2-5,11,15-16H,6-8H2,1H3,(H,17,18). The number of aromatic hydroxyl groups is 1. The summed E-state index contributed by atoms with van der Waals surface area (Å²) in [6.45, 7) is 1.84. The van der Waals surface area contributed by atoms with Gasteiger partial charge >= 0.3 is 11.9 Å². The molecular weight excluding hydrogens is 294 g/mol. The first-order valence-corrected chi connectivity index (χ1v) is 7.49. The highest BCUT2D eigenvalue weighted by atomic mass is 32.2. The second kappa shape index (κ2) is 6.36. The molecule has 1 heterocycles. The maximum absolute atomic E-state index is 12.0. The van der Waals surface area contributed by atoms with Crippen LogP contribution in [0.25, 0.3) is 0 Å². The zero-order valence-corrected chi connectivity index (χ0v) is 12.4. The molecule has 114 valence electrons. The molecule has 0 radical (unpaired) electrons. The van der Waals surface area contributed by atoms with Crippen LogP contribution < -0.4 is 5.32 Å². The fraction of sp³-hybridized carbons (Fsp3) is 0.429. The molecule has 2 rings (SSSR count). The van der Waals surface area contributed by atoms with Crippen molar-refractivity contribution in [2.75, 3.05) is 12.4 Å². The number of rotatable bonds is 5. The summed E-state index contributed by atoms with van der Waals surface area (Å²) in [6.07, 6.45) is 0.537. The Morgan fingerprint density at radius 2 is 2.10 bits per heavy atom. The van der Waals surface area contributed by atoms with Crippen LogP contribution in [0.3, 0.4) is 0 Å². The van der Waals surface area contributed by atoms with Gasteiger partial charge in [-0.25, -0.2) is 4.79 Å². The topological polar surface area (TPSA) is 95.9 Å². The summed E-state index contributed by atoms with van der Waals surface area (Å²) in [4.78, 5) is 21.9. The molecule has 0 aromatic heterocycles. The van der Waals surface area contributed by atoms with Gasteiger partial charge in [-0.1, -0.05) is 12.1 Å². The summed E-state index contributed by atoms with van der Waals surface area (Å²) in [5.74, 6) is -0.911. The Hall–Kier alpha value is -1.73. The van der Waals surface area contributed by atoms with E-state index >= 15 is 0 Å². The van der Waals surface area contributed by atoms with Crippen molar-refractivity contribution in [2.24, 2.45) is 0 Å². The lowest BCUT2D eigenvalue weighted by atomic mass is 10.1. The third-order valence-electron chi connectivity index (χ3n) is 3.24. The second-order valence-electron chi connectivity index (χ2n) is 4.93. The lowest BCUT2D eigenvalue weighted by molar-refractivity contribution is -0.147. The number of phenols is 1. The third kappa shape index (κ3) is 3.89. The van der Waals surface area contributed by atoms with E-state index in [0.29, 0.717) is 12.2 Å². The monoisotopic (exact) mass is 311 g/mol. The third-order valence-corrected chi connectivity index (χ3v) is 4.60. The molecule has 1 aromatic carbocycles. The van der Waals surface area contributed by atoms with Crippen molar-refractivity contribution in [1.82, 2.24) is 5.32 Å². The number of hydrogen-bond donors (Lipinski definition) is 3. The molecule has 21 heavy (non-hydrogen) atoms. The fourth-order valence-electron chi connectivity index (χ4n) is 1.98. The Bertz CT molecular complexity index is 533. The van der Waals surface area contributed by atoms with E-state index in [4.69, 9.17) is 9.84 Å². The van der Waals surface area contributed by atoms with Gasteiger partial charge in [0.05, 0.1) is 6.61 Å². The molecule has 1 fully saturated rings. The van der Waals surface area contributed by atoms with Crippen LogP contribution in [0.5, 0.6) is 5.75 Å². The van der Waals surface area contributed by atoms with Crippen LogP contribution in [0, 0.1) is 0 Å². The number of carboxylic acid groups (broad SMARTS) is 1. The van der Waals surface area contributed by atoms with Crippen molar-refractivity contribution >= 4 is 23.7 Å². The maximum Gasteiger partial charge on any atom is 0.336 e. The summed E-state index contributed by atoms with van der Waals surface area (Å²) in [5, 5.41) is 20.9. The smallest absolute Gasteiger partial charge is 0.336 e. The molecule has 0 saturated carbocycles. The molecule has 1 saturated heterocycles. The zero-order chi connectivity index (χ0) is 15.5. The van der Waals surface area contributed by atoms with Gasteiger partial charge in [0.15, 0.2) is 4.87 Å². The molecule has 1 aliphatic heterocycles. The number of benzene rings is 1. The predicted molar refractivity (Wildman–Crippen MR) is 78.2 cm³/mol. The van der Waals surface area contributed by atoms with Crippen LogP contribution in [0.1, 0.15) is 12.5 Å². The van der Waals surface area contributed by atoms with Crippen LogP contribution in [0.15, 0.2) is 24.3 Å². The minimum Gasteiger partial charge on any atom is -0.508 e. The number of aliphatic carboxylic acids is 1. The van der Waals surface area contributed by atoms with Gasteiger partial charge in [-0.2, -0.15) is 0 Å². The van der Waals surface area contributed by atoms with Crippen molar-refractivity contribution in [3.05, 3.63) is 29.8 Å². The van der Waals surface area contributed by atoms with E-state index in [1.807, 2.05) is 0 Å². The normalized spacial score (nSPS) is 24.7. The predicted octanol–water partition coefficient (Wildman–Crippen LogP) is 0.984. The number of nitrogens with one attached hydrogen (secondary N) is 1. The minimum absolute atomic E-state index is 0.189. The average Bonchev–Trinajstić information content (AvgIpc) is 2.85. The van der Waals surface area contributed by atoms with Crippen LogP contribution in [-0.2, 0) is 20.7 Å². The SMILES string of the molecule is CC1(C(=O)OCCc2ccc(O)cc2)NC(C(=O)O)CS1. The zero-order valence-electron chi connectivity index (χ0n) is 11.5. The van der Waals surface area contributed by atoms with E-state index in [2.05, 4.69) is 5.32 Å². The van der Waals surface area contributed by atoms with E-state index in [1.165, 1.54) is 11.8 Å². The second-order valence-corrected chi connectivity index (χ2v) is 6.37. The molecule has 2 unspecified atom stereocenters. The number of ether oxygens (including phenoxy) is 1. The van der Waals surface area contributed by atoms with E-state index < -0.39 is 22.9 Å².